The summed E-state index contributed by atoms with van der Waals surface area (Å²) in [7, 11) is 2.93. The van der Waals surface area contributed by atoms with Gasteiger partial charge in [-0.1, -0.05) is 0 Å². The molecule has 0 aliphatic carbocycles. The number of hydrogen-bond acceptors (Lipinski definition) is 2. The van der Waals surface area contributed by atoms with Crippen molar-refractivity contribution in [2.75, 3.05) is 6.61 Å². The summed E-state index contributed by atoms with van der Waals surface area (Å²) in [5, 5.41) is 0. The molecule has 0 bridgehead atoms. The van der Waals surface area contributed by atoms with Crippen LogP contribution in [0.2, 0.25) is 0 Å². The van der Waals surface area contributed by atoms with E-state index in [-0.39, 0.29) is 6.29 Å². The van der Waals surface area contributed by atoms with Crippen LogP contribution in [0.4, 0.5) is 0 Å². The second-order valence-corrected chi connectivity index (χ2v) is 2.15. The fourth-order valence-electron chi connectivity index (χ4n) is 0.804. The van der Waals surface area contributed by atoms with E-state index >= 15 is 0 Å². The number of ether oxygens (including phenoxy) is 1. The highest BCUT2D eigenvalue weighted by molar-refractivity contribution is 5.98. The van der Waals surface area contributed by atoms with Crippen LogP contribution in [0.5, 0.6) is 0 Å². The molecule has 1 rings (SSSR count). The maximum Gasteiger partial charge on any atom is 0.249 e. The summed E-state index contributed by atoms with van der Waals surface area (Å²) in [5.41, 5.74) is 0. The SMILES string of the molecule is [Si]OC1CCCCO1. The van der Waals surface area contributed by atoms with Crippen molar-refractivity contribution in [1.29, 1.82) is 0 Å². The summed E-state index contributed by atoms with van der Waals surface area (Å²) in [6, 6.07) is 0. The average molecular weight is 129 g/mol. The summed E-state index contributed by atoms with van der Waals surface area (Å²) in [4.78, 5) is 0. The zero-order valence-electron chi connectivity index (χ0n) is 4.72. The van der Waals surface area contributed by atoms with Gasteiger partial charge in [0.25, 0.3) is 0 Å². The molecule has 0 aromatic carbocycles. The molecule has 0 aromatic heterocycles. The van der Waals surface area contributed by atoms with Crippen molar-refractivity contribution < 1.29 is 9.16 Å². The van der Waals surface area contributed by atoms with E-state index in [4.69, 9.17) is 9.16 Å². The molecule has 0 aromatic rings. The monoisotopic (exact) mass is 129 g/mol. The first-order valence-electron chi connectivity index (χ1n) is 2.87. The molecule has 0 N–H and O–H groups in total. The molecule has 1 fully saturated rings. The molecule has 1 atom stereocenters. The first kappa shape index (κ1) is 6.26. The Morgan fingerprint density at radius 3 is 2.75 bits per heavy atom. The standard InChI is InChI=1S/C5H9O2Si/c8-7-5-3-1-2-4-6-5/h5H,1-4H2. The fourth-order valence-corrected chi connectivity index (χ4v) is 0.990. The van der Waals surface area contributed by atoms with Crippen LogP contribution in [0.3, 0.4) is 0 Å². The van der Waals surface area contributed by atoms with Crippen LogP contribution in [0, 0.1) is 0 Å². The zero-order chi connectivity index (χ0) is 5.82. The van der Waals surface area contributed by atoms with Gasteiger partial charge < -0.3 is 9.16 Å². The lowest BCUT2D eigenvalue weighted by molar-refractivity contribution is -0.102. The van der Waals surface area contributed by atoms with Gasteiger partial charge in [-0.05, 0) is 19.3 Å². The average Bonchev–Trinajstić information content (AvgIpc) is 1.90. The van der Waals surface area contributed by atoms with Gasteiger partial charge in [-0.2, -0.15) is 0 Å². The van der Waals surface area contributed by atoms with Crippen LogP contribution in [-0.4, -0.2) is 23.4 Å². The smallest absolute Gasteiger partial charge is 0.249 e. The predicted molar refractivity (Wildman–Crippen MR) is 30.4 cm³/mol. The summed E-state index contributed by atoms with van der Waals surface area (Å²) >= 11 is 0. The van der Waals surface area contributed by atoms with Crippen molar-refractivity contribution in [2.45, 2.75) is 25.6 Å². The second-order valence-electron chi connectivity index (χ2n) is 1.91. The largest absolute Gasteiger partial charge is 0.394 e. The topological polar surface area (TPSA) is 18.5 Å². The van der Waals surface area contributed by atoms with Crippen LogP contribution in [0.1, 0.15) is 19.3 Å². The highest BCUT2D eigenvalue weighted by Gasteiger charge is 2.10. The molecule has 0 saturated carbocycles. The summed E-state index contributed by atoms with van der Waals surface area (Å²) in [6.45, 7) is 0.842. The van der Waals surface area contributed by atoms with E-state index in [1.165, 1.54) is 12.8 Å². The van der Waals surface area contributed by atoms with Crippen LogP contribution >= 0.6 is 0 Å². The Hall–Kier alpha value is 0.137. The van der Waals surface area contributed by atoms with Gasteiger partial charge in [-0.25, -0.2) is 0 Å². The molecule has 1 heterocycles. The molecule has 8 heavy (non-hydrogen) atoms. The van der Waals surface area contributed by atoms with Gasteiger partial charge in [-0.15, -0.1) is 0 Å². The fraction of sp³-hybridized carbons (Fsp3) is 1.00. The molecule has 1 aliphatic heterocycles. The van der Waals surface area contributed by atoms with E-state index in [0.717, 1.165) is 13.0 Å². The Bertz CT molecular complexity index is 61.4. The maximum atomic E-state index is 5.16. The van der Waals surface area contributed by atoms with Crippen molar-refractivity contribution in [3.8, 4) is 0 Å². The molecule has 1 saturated heterocycles. The van der Waals surface area contributed by atoms with E-state index < -0.39 is 0 Å². The summed E-state index contributed by atoms with van der Waals surface area (Å²) in [6.07, 6.45) is 3.41. The van der Waals surface area contributed by atoms with Crippen LogP contribution in [-0.2, 0) is 9.16 Å². The van der Waals surface area contributed by atoms with Gasteiger partial charge >= 0.3 is 0 Å². The lowest BCUT2D eigenvalue weighted by Gasteiger charge is -2.20. The quantitative estimate of drug-likeness (QED) is 0.483. The lowest BCUT2D eigenvalue weighted by atomic mass is 10.2. The normalized spacial score (nSPS) is 30.4. The molecule has 0 amide bonds. The maximum absolute atomic E-state index is 5.16. The first-order valence-corrected chi connectivity index (χ1v) is 3.28. The summed E-state index contributed by atoms with van der Waals surface area (Å²) < 4.78 is 9.93. The van der Waals surface area contributed by atoms with Gasteiger partial charge in [0.05, 0.1) is 0 Å². The summed E-state index contributed by atoms with van der Waals surface area (Å²) in [5.74, 6) is 0. The minimum atomic E-state index is 0.000386. The van der Waals surface area contributed by atoms with Gasteiger partial charge in [0.1, 0.15) is 6.29 Å². The third-order valence-corrected chi connectivity index (χ3v) is 1.53. The molecule has 45 valence electrons. The van der Waals surface area contributed by atoms with Crippen molar-refractivity contribution in [3.63, 3.8) is 0 Å². The van der Waals surface area contributed by atoms with Crippen LogP contribution in [0.15, 0.2) is 0 Å². The van der Waals surface area contributed by atoms with Crippen molar-refractivity contribution >= 4 is 10.5 Å². The molecule has 3 radical (unpaired) electrons. The van der Waals surface area contributed by atoms with Crippen molar-refractivity contribution in [3.05, 3.63) is 0 Å². The Morgan fingerprint density at radius 2 is 2.38 bits per heavy atom. The van der Waals surface area contributed by atoms with Crippen molar-refractivity contribution in [2.24, 2.45) is 0 Å². The Balaban J connectivity index is 2.13. The zero-order valence-corrected chi connectivity index (χ0v) is 5.72. The number of hydrogen-bond donors (Lipinski definition) is 0. The first-order chi connectivity index (χ1) is 3.93. The minimum Gasteiger partial charge on any atom is -0.394 e. The second kappa shape index (κ2) is 3.22. The van der Waals surface area contributed by atoms with Gasteiger partial charge in [-0.3, -0.25) is 0 Å². The molecule has 1 unspecified atom stereocenters. The molecule has 2 nitrogen and oxygen atoms in total. The Labute approximate surface area is 52.7 Å². The van der Waals surface area contributed by atoms with E-state index in [9.17, 15) is 0 Å². The van der Waals surface area contributed by atoms with E-state index in [1.807, 2.05) is 0 Å². The minimum absolute atomic E-state index is 0.000386. The molecule has 3 heteroatoms. The Morgan fingerprint density at radius 1 is 1.50 bits per heavy atom. The third-order valence-electron chi connectivity index (χ3n) is 1.27. The molecular weight excluding hydrogens is 120 g/mol. The van der Waals surface area contributed by atoms with Gasteiger partial charge in [0.15, 0.2) is 0 Å². The third kappa shape index (κ3) is 1.58. The van der Waals surface area contributed by atoms with Gasteiger partial charge in [0, 0.05) is 6.61 Å². The van der Waals surface area contributed by atoms with Crippen molar-refractivity contribution in [1.82, 2.24) is 0 Å². The lowest BCUT2D eigenvalue weighted by Crippen LogP contribution is -2.20. The molecular formula is C5H9O2Si. The van der Waals surface area contributed by atoms with Crippen LogP contribution < -0.4 is 0 Å². The highest BCUT2D eigenvalue weighted by Crippen LogP contribution is 2.11. The number of rotatable bonds is 1. The van der Waals surface area contributed by atoms with Gasteiger partial charge in [0.2, 0.25) is 10.5 Å². The van der Waals surface area contributed by atoms with E-state index in [1.54, 1.807) is 0 Å². The Kier molecular flexibility index (Phi) is 2.52. The molecule has 0 spiro atoms. The van der Waals surface area contributed by atoms with E-state index in [0.29, 0.717) is 0 Å². The molecule has 1 aliphatic rings. The predicted octanol–water partition coefficient (Wildman–Crippen LogP) is 0.613. The van der Waals surface area contributed by atoms with E-state index in [2.05, 4.69) is 10.5 Å². The highest BCUT2D eigenvalue weighted by atomic mass is 28.2. The van der Waals surface area contributed by atoms with Crippen LogP contribution in [0.25, 0.3) is 0 Å².